The van der Waals surface area contributed by atoms with Gasteiger partial charge in [-0.25, -0.2) is 0 Å². The molecule has 0 saturated carbocycles. The number of ether oxygens (including phenoxy) is 1. The molecule has 96 valence electrons. The maximum atomic E-state index is 6.10. The van der Waals surface area contributed by atoms with Gasteiger partial charge in [-0.2, -0.15) is 0 Å². The molecule has 17 heavy (non-hydrogen) atoms. The third-order valence-corrected chi connectivity index (χ3v) is 3.03. The van der Waals surface area contributed by atoms with Gasteiger partial charge in [0.05, 0.1) is 0 Å². The fourth-order valence-electron chi connectivity index (χ4n) is 1.58. The third-order valence-electron chi connectivity index (χ3n) is 2.44. The summed E-state index contributed by atoms with van der Waals surface area (Å²) in [6.07, 6.45) is 0. The second-order valence-electron chi connectivity index (χ2n) is 5.40. The van der Waals surface area contributed by atoms with Crippen molar-refractivity contribution in [3.63, 3.8) is 0 Å². The normalized spacial score (nSPS) is 11.6. The van der Waals surface area contributed by atoms with Crippen LogP contribution < -0.4 is 10.1 Å². The Kier molecular flexibility index (Phi) is 4.84. The molecule has 3 heteroatoms. The Morgan fingerprint density at radius 1 is 1.18 bits per heavy atom. The van der Waals surface area contributed by atoms with Gasteiger partial charge < -0.3 is 10.1 Å². The van der Waals surface area contributed by atoms with Crippen LogP contribution in [0.1, 0.15) is 31.9 Å². The smallest absolute Gasteiger partial charge is 0.119 e. The summed E-state index contributed by atoms with van der Waals surface area (Å²) in [5.41, 5.74) is 2.26. The van der Waals surface area contributed by atoms with E-state index in [1.807, 2.05) is 26.0 Å². The third kappa shape index (κ3) is 4.97. The van der Waals surface area contributed by atoms with Crippen LogP contribution in [0.2, 0.25) is 5.02 Å². The standard InChI is InChI=1S/C14H22ClNO/c1-10-8-12(9-11(2)13(10)15)17-7-6-16-14(3,4)5/h8-9,16H,6-7H2,1-5H3. The van der Waals surface area contributed by atoms with E-state index in [0.717, 1.165) is 28.4 Å². The highest BCUT2D eigenvalue weighted by Crippen LogP contribution is 2.25. The molecule has 1 N–H and O–H groups in total. The highest BCUT2D eigenvalue weighted by Gasteiger charge is 2.08. The van der Waals surface area contributed by atoms with Gasteiger partial charge >= 0.3 is 0 Å². The van der Waals surface area contributed by atoms with Crippen LogP contribution in [-0.4, -0.2) is 18.7 Å². The molecule has 2 nitrogen and oxygen atoms in total. The van der Waals surface area contributed by atoms with E-state index in [1.54, 1.807) is 0 Å². The van der Waals surface area contributed by atoms with Crippen LogP contribution in [0.25, 0.3) is 0 Å². The van der Waals surface area contributed by atoms with Crippen LogP contribution in [-0.2, 0) is 0 Å². The van der Waals surface area contributed by atoms with Gasteiger partial charge in [0.15, 0.2) is 0 Å². The van der Waals surface area contributed by atoms with E-state index in [1.165, 1.54) is 0 Å². The largest absolute Gasteiger partial charge is 0.492 e. The topological polar surface area (TPSA) is 21.3 Å². The summed E-state index contributed by atoms with van der Waals surface area (Å²) < 4.78 is 5.70. The summed E-state index contributed by atoms with van der Waals surface area (Å²) in [6, 6.07) is 3.96. The molecule has 0 atom stereocenters. The summed E-state index contributed by atoms with van der Waals surface area (Å²) in [5, 5.41) is 4.21. The van der Waals surface area contributed by atoms with Crippen molar-refractivity contribution < 1.29 is 4.74 Å². The highest BCUT2D eigenvalue weighted by atomic mass is 35.5. The van der Waals surface area contributed by atoms with E-state index in [9.17, 15) is 0 Å². The first-order valence-corrected chi connectivity index (χ1v) is 6.32. The van der Waals surface area contributed by atoms with Gasteiger partial charge in [-0.3, -0.25) is 0 Å². The van der Waals surface area contributed by atoms with Crippen molar-refractivity contribution in [2.24, 2.45) is 0 Å². The van der Waals surface area contributed by atoms with E-state index >= 15 is 0 Å². The van der Waals surface area contributed by atoms with Gasteiger partial charge in [-0.1, -0.05) is 11.6 Å². The summed E-state index contributed by atoms with van der Waals surface area (Å²) in [4.78, 5) is 0. The van der Waals surface area contributed by atoms with Crippen LogP contribution in [0.15, 0.2) is 12.1 Å². The fourth-order valence-corrected chi connectivity index (χ4v) is 1.69. The van der Waals surface area contributed by atoms with Gasteiger partial charge in [-0.15, -0.1) is 0 Å². The Morgan fingerprint density at radius 3 is 2.18 bits per heavy atom. The first kappa shape index (κ1) is 14.3. The summed E-state index contributed by atoms with van der Waals surface area (Å²) in [5.74, 6) is 0.889. The lowest BCUT2D eigenvalue weighted by Crippen LogP contribution is -2.38. The minimum atomic E-state index is 0.134. The molecular weight excluding hydrogens is 234 g/mol. The van der Waals surface area contributed by atoms with Crippen molar-refractivity contribution in [3.05, 3.63) is 28.3 Å². The van der Waals surface area contributed by atoms with E-state index in [4.69, 9.17) is 16.3 Å². The van der Waals surface area contributed by atoms with Gasteiger partial charge in [0.1, 0.15) is 12.4 Å². The lowest BCUT2D eigenvalue weighted by Gasteiger charge is -2.20. The quantitative estimate of drug-likeness (QED) is 0.828. The Bertz CT molecular complexity index is 359. The molecule has 0 spiro atoms. The average molecular weight is 256 g/mol. The molecule has 0 aromatic heterocycles. The first-order valence-electron chi connectivity index (χ1n) is 5.94. The van der Waals surface area contributed by atoms with Crippen molar-refractivity contribution in [3.8, 4) is 5.75 Å². The fraction of sp³-hybridized carbons (Fsp3) is 0.571. The molecule has 0 aliphatic carbocycles. The zero-order chi connectivity index (χ0) is 13.1. The molecule has 1 rings (SSSR count). The molecule has 1 aromatic carbocycles. The van der Waals surface area contributed by atoms with Crippen molar-refractivity contribution in [2.45, 2.75) is 40.2 Å². The molecule has 0 unspecified atom stereocenters. The van der Waals surface area contributed by atoms with Gasteiger partial charge in [0, 0.05) is 17.1 Å². The Balaban J connectivity index is 2.48. The predicted molar refractivity (Wildman–Crippen MR) is 74.2 cm³/mol. The van der Waals surface area contributed by atoms with Crippen LogP contribution in [0, 0.1) is 13.8 Å². The number of aryl methyl sites for hydroxylation is 2. The Labute approximate surface area is 109 Å². The second kappa shape index (κ2) is 5.74. The number of benzene rings is 1. The molecule has 0 fully saturated rings. The molecule has 0 amide bonds. The molecule has 0 saturated heterocycles. The average Bonchev–Trinajstić information content (AvgIpc) is 2.19. The lowest BCUT2D eigenvalue weighted by molar-refractivity contribution is 0.290. The monoisotopic (exact) mass is 255 g/mol. The van der Waals surface area contributed by atoms with Crippen molar-refractivity contribution in [1.82, 2.24) is 5.32 Å². The molecule has 0 heterocycles. The Morgan fingerprint density at radius 2 is 1.71 bits per heavy atom. The number of hydrogen-bond donors (Lipinski definition) is 1. The molecule has 0 aliphatic heterocycles. The van der Waals surface area contributed by atoms with Gasteiger partial charge in [-0.05, 0) is 57.9 Å². The number of rotatable bonds is 4. The molecular formula is C14H22ClNO. The lowest BCUT2D eigenvalue weighted by atomic mass is 10.1. The maximum absolute atomic E-state index is 6.10. The van der Waals surface area contributed by atoms with Gasteiger partial charge in [0.25, 0.3) is 0 Å². The zero-order valence-corrected chi connectivity index (χ0v) is 12.1. The van der Waals surface area contributed by atoms with Crippen LogP contribution in [0.5, 0.6) is 5.75 Å². The van der Waals surface area contributed by atoms with E-state index in [0.29, 0.717) is 6.61 Å². The number of nitrogens with one attached hydrogen (secondary N) is 1. The summed E-state index contributed by atoms with van der Waals surface area (Å²) in [6.45, 7) is 11.9. The van der Waals surface area contributed by atoms with E-state index in [2.05, 4.69) is 26.1 Å². The van der Waals surface area contributed by atoms with Crippen LogP contribution in [0.4, 0.5) is 0 Å². The minimum Gasteiger partial charge on any atom is -0.492 e. The van der Waals surface area contributed by atoms with Gasteiger partial charge in [0.2, 0.25) is 0 Å². The molecule has 0 aliphatic rings. The number of halogens is 1. The van der Waals surface area contributed by atoms with E-state index < -0.39 is 0 Å². The minimum absolute atomic E-state index is 0.134. The SMILES string of the molecule is Cc1cc(OCCNC(C)(C)C)cc(C)c1Cl. The molecule has 1 aromatic rings. The van der Waals surface area contributed by atoms with Crippen molar-refractivity contribution >= 4 is 11.6 Å². The van der Waals surface area contributed by atoms with Crippen molar-refractivity contribution in [2.75, 3.05) is 13.2 Å². The summed E-state index contributed by atoms with van der Waals surface area (Å²) in [7, 11) is 0. The predicted octanol–water partition coefficient (Wildman–Crippen LogP) is 3.72. The molecule has 0 radical (unpaired) electrons. The van der Waals surface area contributed by atoms with Crippen molar-refractivity contribution in [1.29, 1.82) is 0 Å². The van der Waals surface area contributed by atoms with Crippen LogP contribution in [0.3, 0.4) is 0 Å². The van der Waals surface area contributed by atoms with E-state index in [-0.39, 0.29) is 5.54 Å². The van der Waals surface area contributed by atoms with Crippen LogP contribution >= 0.6 is 11.6 Å². The number of hydrogen-bond acceptors (Lipinski definition) is 2. The second-order valence-corrected chi connectivity index (χ2v) is 5.77. The Hall–Kier alpha value is -0.730. The zero-order valence-electron chi connectivity index (χ0n) is 11.4. The highest BCUT2D eigenvalue weighted by molar-refractivity contribution is 6.32. The summed E-state index contributed by atoms with van der Waals surface area (Å²) >= 11 is 6.10. The maximum Gasteiger partial charge on any atom is 0.119 e. The first-order chi connectivity index (χ1) is 7.79. The molecule has 0 bridgehead atoms.